The SMILES string of the molecule is CCOc1cc2c(=O)[nH]cnc2cc1OC(C)C. The van der Waals surface area contributed by atoms with E-state index in [0.29, 0.717) is 29.0 Å². The van der Waals surface area contributed by atoms with E-state index >= 15 is 0 Å². The number of hydrogen-bond acceptors (Lipinski definition) is 4. The number of hydrogen-bond donors (Lipinski definition) is 1. The molecule has 0 spiro atoms. The first kappa shape index (κ1) is 12.4. The highest BCUT2D eigenvalue weighted by atomic mass is 16.5. The van der Waals surface area contributed by atoms with Gasteiger partial charge in [-0.25, -0.2) is 4.98 Å². The van der Waals surface area contributed by atoms with Crippen LogP contribution in [-0.4, -0.2) is 22.7 Å². The van der Waals surface area contributed by atoms with Gasteiger partial charge in [-0.05, 0) is 26.8 Å². The number of ether oxygens (including phenoxy) is 2. The van der Waals surface area contributed by atoms with Crippen LogP contribution in [0.5, 0.6) is 11.5 Å². The molecule has 0 aliphatic carbocycles. The normalized spacial score (nSPS) is 10.9. The number of benzene rings is 1. The van der Waals surface area contributed by atoms with Crippen LogP contribution in [0.4, 0.5) is 0 Å². The third kappa shape index (κ3) is 2.45. The van der Waals surface area contributed by atoms with E-state index in [9.17, 15) is 4.79 Å². The highest BCUT2D eigenvalue weighted by Crippen LogP contribution is 2.31. The number of nitrogens with one attached hydrogen (secondary N) is 1. The van der Waals surface area contributed by atoms with E-state index in [0.717, 1.165) is 0 Å². The van der Waals surface area contributed by atoms with E-state index in [1.54, 1.807) is 12.1 Å². The summed E-state index contributed by atoms with van der Waals surface area (Å²) in [5, 5.41) is 0.497. The summed E-state index contributed by atoms with van der Waals surface area (Å²) < 4.78 is 11.2. The van der Waals surface area contributed by atoms with Crippen molar-refractivity contribution in [1.82, 2.24) is 9.97 Å². The van der Waals surface area contributed by atoms with Crippen molar-refractivity contribution in [2.75, 3.05) is 6.61 Å². The molecule has 0 aliphatic heterocycles. The molecule has 0 bridgehead atoms. The Morgan fingerprint density at radius 1 is 1.33 bits per heavy atom. The van der Waals surface area contributed by atoms with Gasteiger partial charge < -0.3 is 14.5 Å². The van der Waals surface area contributed by atoms with Crippen molar-refractivity contribution in [3.8, 4) is 11.5 Å². The number of H-pyrrole nitrogens is 1. The molecule has 0 fully saturated rings. The first-order chi connectivity index (χ1) is 8.61. The molecule has 0 atom stereocenters. The summed E-state index contributed by atoms with van der Waals surface area (Å²) in [7, 11) is 0. The molecule has 1 heterocycles. The van der Waals surface area contributed by atoms with Crippen LogP contribution in [0.25, 0.3) is 10.9 Å². The van der Waals surface area contributed by atoms with Gasteiger partial charge in [-0.3, -0.25) is 4.79 Å². The minimum absolute atomic E-state index is 0.0312. The van der Waals surface area contributed by atoms with Gasteiger partial charge in [0.1, 0.15) is 0 Å². The van der Waals surface area contributed by atoms with Gasteiger partial charge in [-0.2, -0.15) is 0 Å². The second-order valence-corrected chi connectivity index (χ2v) is 4.15. The van der Waals surface area contributed by atoms with Crippen LogP contribution in [0.3, 0.4) is 0 Å². The van der Waals surface area contributed by atoms with Gasteiger partial charge in [-0.1, -0.05) is 0 Å². The average molecular weight is 248 g/mol. The maximum absolute atomic E-state index is 11.7. The molecule has 96 valence electrons. The summed E-state index contributed by atoms with van der Waals surface area (Å²) in [5.74, 6) is 1.18. The lowest BCUT2D eigenvalue weighted by atomic mass is 10.2. The summed E-state index contributed by atoms with van der Waals surface area (Å²) in [6, 6.07) is 3.40. The van der Waals surface area contributed by atoms with Gasteiger partial charge in [0.25, 0.3) is 5.56 Å². The molecule has 1 aromatic carbocycles. The zero-order chi connectivity index (χ0) is 13.1. The van der Waals surface area contributed by atoms with Gasteiger partial charge in [0.05, 0.1) is 29.9 Å². The van der Waals surface area contributed by atoms with Crippen molar-refractivity contribution in [1.29, 1.82) is 0 Å². The third-order valence-electron chi connectivity index (χ3n) is 2.37. The number of nitrogens with zero attached hydrogens (tertiary/aromatic N) is 1. The predicted molar refractivity (Wildman–Crippen MR) is 69.3 cm³/mol. The van der Waals surface area contributed by atoms with E-state index in [1.165, 1.54) is 6.33 Å². The second-order valence-electron chi connectivity index (χ2n) is 4.15. The fraction of sp³-hybridized carbons (Fsp3) is 0.385. The van der Waals surface area contributed by atoms with Gasteiger partial charge >= 0.3 is 0 Å². The minimum Gasteiger partial charge on any atom is -0.490 e. The molecular formula is C13H16N2O3. The maximum Gasteiger partial charge on any atom is 0.258 e. The van der Waals surface area contributed by atoms with Crippen LogP contribution in [0.2, 0.25) is 0 Å². The lowest BCUT2D eigenvalue weighted by Gasteiger charge is -2.14. The van der Waals surface area contributed by atoms with Crippen LogP contribution < -0.4 is 15.0 Å². The number of fused-ring (bicyclic) bond motifs is 1. The lowest BCUT2D eigenvalue weighted by molar-refractivity contribution is 0.224. The lowest BCUT2D eigenvalue weighted by Crippen LogP contribution is -2.10. The Kier molecular flexibility index (Phi) is 3.50. The third-order valence-corrected chi connectivity index (χ3v) is 2.37. The fourth-order valence-electron chi connectivity index (χ4n) is 1.69. The van der Waals surface area contributed by atoms with Crippen LogP contribution >= 0.6 is 0 Å². The molecule has 0 saturated heterocycles. The molecule has 1 aromatic heterocycles. The van der Waals surface area contributed by atoms with Gasteiger partial charge in [0, 0.05) is 6.07 Å². The highest BCUT2D eigenvalue weighted by molar-refractivity contribution is 5.81. The van der Waals surface area contributed by atoms with E-state index in [4.69, 9.17) is 9.47 Å². The van der Waals surface area contributed by atoms with Crippen molar-refractivity contribution in [2.24, 2.45) is 0 Å². The van der Waals surface area contributed by atoms with Crippen molar-refractivity contribution >= 4 is 10.9 Å². The Hall–Kier alpha value is -2.04. The molecule has 0 amide bonds. The molecule has 18 heavy (non-hydrogen) atoms. The van der Waals surface area contributed by atoms with E-state index in [-0.39, 0.29) is 11.7 Å². The summed E-state index contributed by atoms with van der Waals surface area (Å²) >= 11 is 0. The standard InChI is InChI=1S/C13H16N2O3/c1-4-17-11-5-9-10(14-7-15-13(9)16)6-12(11)18-8(2)3/h5-8H,4H2,1-3H3,(H,14,15,16). The Bertz CT molecular complexity index is 605. The molecule has 5 nitrogen and oxygen atoms in total. The first-order valence-electron chi connectivity index (χ1n) is 5.92. The summed E-state index contributed by atoms with van der Waals surface area (Å²) in [4.78, 5) is 18.3. The van der Waals surface area contributed by atoms with Crippen LogP contribution in [0.15, 0.2) is 23.3 Å². The fourth-order valence-corrected chi connectivity index (χ4v) is 1.69. The van der Waals surface area contributed by atoms with Crippen LogP contribution in [0.1, 0.15) is 20.8 Å². The van der Waals surface area contributed by atoms with E-state index in [2.05, 4.69) is 9.97 Å². The van der Waals surface area contributed by atoms with Crippen LogP contribution in [0, 0.1) is 0 Å². The van der Waals surface area contributed by atoms with Crippen molar-refractivity contribution < 1.29 is 9.47 Å². The molecule has 1 N–H and O–H groups in total. The molecule has 0 unspecified atom stereocenters. The first-order valence-corrected chi connectivity index (χ1v) is 5.92. The zero-order valence-corrected chi connectivity index (χ0v) is 10.7. The molecule has 5 heteroatoms. The average Bonchev–Trinajstić information content (AvgIpc) is 2.30. The Morgan fingerprint density at radius 2 is 2.11 bits per heavy atom. The van der Waals surface area contributed by atoms with Crippen molar-refractivity contribution in [3.05, 3.63) is 28.8 Å². The van der Waals surface area contributed by atoms with Gasteiger partial charge in [-0.15, -0.1) is 0 Å². The van der Waals surface area contributed by atoms with E-state index in [1.807, 2.05) is 20.8 Å². The molecule has 2 aromatic rings. The number of aromatic amines is 1. The Balaban J connectivity index is 2.60. The molecule has 0 radical (unpaired) electrons. The molecule has 0 aliphatic rings. The summed E-state index contributed by atoms with van der Waals surface area (Å²) in [6.45, 7) is 6.27. The maximum atomic E-state index is 11.7. The van der Waals surface area contributed by atoms with Gasteiger partial charge in [0.15, 0.2) is 11.5 Å². The molecule has 2 rings (SSSR count). The van der Waals surface area contributed by atoms with Crippen LogP contribution in [-0.2, 0) is 0 Å². The Labute approximate surface area is 105 Å². The molecule has 0 saturated carbocycles. The summed E-state index contributed by atoms with van der Waals surface area (Å²) in [5.41, 5.74) is 0.412. The monoisotopic (exact) mass is 248 g/mol. The minimum atomic E-state index is -0.183. The van der Waals surface area contributed by atoms with E-state index < -0.39 is 0 Å². The predicted octanol–water partition coefficient (Wildman–Crippen LogP) is 2.11. The highest BCUT2D eigenvalue weighted by Gasteiger charge is 2.11. The Morgan fingerprint density at radius 3 is 2.78 bits per heavy atom. The summed E-state index contributed by atoms with van der Waals surface area (Å²) in [6.07, 6.45) is 1.41. The quantitative estimate of drug-likeness (QED) is 0.900. The van der Waals surface area contributed by atoms with Gasteiger partial charge in [0.2, 0.25) is 0 Å². The number of rotatable bonds is 4. The largest absolute Gasteiger partial charge is 0.490 e. The van der Waals surface area contributed by atoms with Crippen molar-refractivity contribution in [3.63, 3.8) is 0 Å². The number of aromatic nitrogens is 2. The zero-order valence-electron chi connectivity index (χ0n) is 10.7. The smallest absolute Gasteiger partial charge is 0.258 e. The molecular weight excluding hydrogens is 232 g/mol. The van der Waals surface area contributed by atoms with Crippen molar-refractivity contribution in [2.45, 2.75) is 26.9 Å². The topological polar surface area (TPSA) is 64.2 Å². The second kappa shape index (κ2) is 5.08.